The molecule has 0 atom stereocenters. The van der Waals surface area contributed by atoms with E-state index in [0.717, 1.165) is 41.9 Å². The van der Waals surface area contributed by atoms with Gasteiger partial charge in [-0.1, -0.05) is 31.1 Å². The summed E-state index contributed by atoms with van der Waals surface area (Å²) in [6.45, 7) is 5.39. The van der Waals surface area contributed by atoms with Crippen molar-refractivity contribution in [2.75, 3.05) is 19.9 Å². The minimum atomic E-state index is -0.0701. The van der Waals surface area contributed by atoms with Crippen molar-refractivity contribution in [1.82, 2.24) is 9.80 Å². The van der Waals surface area contributed by atoms with E-state index in [2.05, 4.69) is 6.58 Å². The van der Waals surface area contributed by atoms with E-state index in [1.54, 1.807) is 27.2 Å². The lowest BCUT2D eigenvalue weighted by atomic mass is 10.1. The van der Waals surface area contributed by atoms with Gasteiger partial charge in [0.2, 0.25) is 18.6 Å². The minimum absolute atomic E-state index is 0.0346. The first-order valence-electron chi connectivity index (χ1n) is 10.7. The zero-order chi connectivity index (χ0) is 21.6. The lowest BCUT2D eigenvalue weighted by Crippen LogP contribution is -2.44. The topological polar surface area (TPSA) is 59.1 Å². The summed E-state index contributed by atoms with van der Waals surface area (Å²) in [5.41, 5.74) is 0.964. The molecule has 1 fully saturated rings. The molecule has 1 aromatic heterocycles. The maximum atomic E-state index is 13.4. The van der Waals surface area contributed by atoms with Crippen LogP contribution in [0.3, 0.4) is 0 Å². The second kappa shape index (κ2) is 10.0. The average molecular weight is 441 g/mol. The van der Waals surface area contributed by atoms with Crippen LogP contribution in [0.15, 0.2) is 48.4 Å². The zero-order valence-electron chi connectivity index (χ0n) is 17.6. The highest BCUT2D eigenvalue weighted by atomic mass is 32.1. The largest absolute Gasteiger partial charge is 0.454 e. The normalized spacial score (nSPS) is 15.1. The van der Waals surface area contributed by atoms with Gasteiger partial charge in [0.25, 0.3) is 0 Å². The number of fused-ring (bicyclic) bond motifs is 1. The Hall–Kier alpha value is -2.80. The number of rotatable bonds is 9. The highest BCUT2D eigenvalue weighted by molar-refractivity contribution is 7.09. The summed E-state index contributed by atoms with van der Waals surface area (Å²) in [4.78, 5) is 30.9. The third-order valence-corrected chi connectivity index (χ3v) is 6.64. The fraction of sp³-hybridized carbons (Fsp3) is 0.417. The van der Waals surface area contributed by atoms with E-state index in [1.807, 2.05) is 35.7 Å². The number of thiophene rings is 1. The molecule has 1 aliphatic heterocycles. The third-order valence-electron chi connectivity index (χ3n) is 5.78. The van der Waals surface area contributed by atoms with Gasteiger partial charge >= 0.3 is 0 Å². The predicted octanol–water partition coefficient (Wildman–Crippen LogP) is 4.21. The molecule has 7 heteroatoms. The van der Waals surface area contributed by atoms with E-state index in [-0.39, 0.29) is 31.1 Å². The molecule has 0 unspecified atom stereocenters. The number of hydrogen-bond donors (Lipinski definition) is 0. The van der Waals surface area contributed by atoms with Gasteiger partial charge in [-0.3, -0.25) is 9.59 Å². The van der Waals surface area contributed by atoms with Crippen molar-refractivity contribution in [3.63, 3.8) is 0 Å². The first kappa shape index (κ1) is 21.4. The van der Waals surface area contributed by atoms with Crippen LogP contribution in [0.1, 0.15) is 36.1 Å². The van der Waals surface area contributed by atoms with Gasteiger partial charge in [0, 0.05) is 23.9 Å². The summed E-state index contributed by atoms with van der Waals surface area (Å²) in [5.74, 6) is 1.46. The maximum Gasteiger partial charge on any atom is 0.242 e. The summed E-state index contributed by atoms with van der Waals surface area (Å²) in [7, 11) is 0. The molecule has 164 valence electrons. The van der Waals surface area contributed by atoms with Crippen molar-refractivity contribution in [2.24, 2.45) is 5.92 Å². The number of hydrogen-bond acceptors (Lipinski definition) is 5. The third kappa shape index (κ3) is 5.28. The molecule has 0 bridgehead atoms. The smallest absolute Gasteiger partial charge is 0.242 e. The van der Waals surface area contributed by atoms with E-state index in [4.69, 9.17) is 9.47 Å². The van der Waals surface area contributed by atoms with E-state index >= 15 is 0 Å². The summed E-state index contributed by atoms with van der Waals surface area (Å²) >= 11 is 1.62. The molecular formula is C24H28N2O4S. The molecule has 1 saturated carbocycles. The van der Waals surface area contributed by atoms with Crippen LogP contribution in [0.5, 0.6) is 11.5 Å². The van der Waals surface area contributed by atoms with E-state index < -0.39 is 0 Å². The number of benzene rings is 1. The van der Waals surface area contributed by atoms with Crippen LogP contribution >= 0.6 is 11.3 Å². The van der Waals surface area contributed by atoms with Gasteiger partial charge < -0.3 is 19.3 Å². The minimum Gasteiger partial charge on any atom is -0.454 e. The zero-order valence-corrected chi connectivity index (χ0v) is 18.4. The van der Waals surface area contributed by atoms with Crippen LogP contribution in [-0.4, -0.2) is 41.5 Å². The number of ether oxygens (including phenoxy) is 2. The molecule has 0 saturated heterocycles. The fourth-order valence-electron chi connectivity index (χ4n) is 4.17. The van der Waals surface area contributed by atoms with E-state index in [1.165, 1.54) is 0 Å². The molecule has 1 aromatic carbocycles. The van der Waals surface area contributed by atoms with Crippen LogP contribution in [-0.2, 0) is 22.7 Å². The Morgan fingerprint density at radius 2 is 1.90 bits per heavy atom. The van der Waals surface area contributed by atoms with E-state index in [0.29, 0.717) is 25.4 Å². The van der Waals surface area contributed by atoms with Crippen LogP contribution < -0.4 is 9.47 Å². The molecule has 6 nitrogen and oxygen atoms in total. The number of amides is 2. The molecule has 0 radical (unpaired) electrons. The predicted molar refractivity (Wildman–Crippen MR) is 120 cm³/mol. The highest BCUT2D eigenvalue weighted by Crippen LogP contribution is 2.33. The average Bonchev–Trinajstić information content (AvgIpc) is 3.54. The summed E-state index contributed by atoms with van der Waals surface area (Å²) in [5, 5.41) is 2.01. The molecule has 0 spiro atoms. The van der Waals surface area contributed by atoms with Crippen molar-refractivity contribution < 1.29 is 19.1 Å². The van der Waals surface area contributed by atoms with Gasteiger partial charge in [-0.2, -0.15) is 0 Å². The second-order valence-electron chi connectivity index (χ2n) is 8.01. The molecule has 2 aliphatic rings. The van der Waals surface area contributed by atoms with Gasteiger partial charge in [0.1, 0.15) is 6.54 Å². The van der Waals surface area contributed by atoms with Gasteiger partial charge in [-0.15, -0.1) is 17.9 Å². The Labute approximate surface area is 187 Å². The summed E-state index contributed by atoms with van der Waals surface area (Å²) < 4.78 is 10.9. The van der Waals surface area contributed by atoms with Gasteiger partial charge in [-0.25, -0.2) is 0 Å². The lowest BCUT2D eigenvalue weighted by Gasteiger charge is -2.28. The Morgan fingerprint density at radius 3 is 2.65 bits per heavy atom. The van der Waals surface area contributed by atoms with Crippen molar-refractivity contribution in [1.29, 1.82) is 0 Å². The first-order chi connectivity index (χ1) is 15.1. The van der Waals surface area contributed by atoms with Gasteiger partial charge in [0.15, 0.2) is 11.5 Å². The monoisotopic (exact) mass is 440 g/mol. The van der Waals surface area contributed by atoms with Crippen molar-refractivity contribution in [3.8, 4) is 11.5 Å². The molecule has 2 amide bonds. The Morgan fingerprint density at radius 1 is 1.10 bits per heavy atom. The lowest BCUT2D eigenvalue weighted by molar-refractivity contribution is -0.143. The SMILES string of the molecule is C=CCN(CC(=O)N(Cc1ccc2c(c1)OCO2)Cc1cccs1)C(=O)C1CCCC1. The van der Waals surface area contributed by atoms with Crippen LogP contribution in [0, 0.1) is 5.92 Å². The van der Waals surface area contributed by atoms with Crippen LogP contribution in [0.4, 0.5) is 0 Å². The summed E-state index contributed by atoms with van der Waals surface area (Å²) in [6.07, 6.45) is 5.69. The molecule has 2 heterocycles. The molecule has 4 rings (SSSR count). The number of carbonyl (C=O) groups excluding carboxylic acids is 2. The van der Waals surface area contributed by atoms with Crippen molar-refractivity contribution in [3.05, 3.63) is 58.8 Å². The molecule has 2 aromatic rings. The molecular weight excluding hydrogens is 412 g/mol. The second-order valence-corrected chi connectivity index (χ2v) is 9.04. The van der Waals surface area contributed by atoms with Crippen LogP contribution in [0.25, 0.3) is 0 Å². The molecule has 31 heavy (non-hydrogen) atoms. The number of nitrogens with zero attached hydrogens (tertiary/aromatic N) is 2. The maximum absolute atomic E-state index is 13.4. The number of carbonyl (C=O) groups is 2. The Balaban J connectivity index is 1.49. The van der Waals surface area contributed by atoms with Gasteiger partial charge in [0.05, 0.1) is 6.54 Å². The van der Waals surface area contributed by atoms with E-state index in [9.17, 15) is 9.59 Å². The molecule has 0 N–H and O–H groups in total. The van der Waals surface area contributed by atoms with Crippen molar-refractivity contribution in [2.45, 2.75) is 38.8 Å². The standard InChI is InChI=1S/C24H28N2O4S/c1-2-11-25(24(28)19-6-3-4-7-19)16-23(27)26(15-20-8-5-12-31-20)14-18-9-10-21-22(13-18)30-17-29-21/h2,5,8-10,12-13,19H,1,3-4,6-7,11,14-17H2. The molecule has 1 aliphatic carbocycles. The van der Waals surface area contributed by atoms with Crippen LogP contribution in [0.2, 0.25) is 0 Å². The Bertz CT molecular complexity index is 922. The van der Waals surface area contributed by atoms with Gasteiger partial charge in [-0.05, 0) is 42.0 Å². The Kier molecular flexibility index (Phi) is 6.92. The van der Waals surface area contributed by atoms with Crippen molar-refractivity contribution >= 4 is 23.2 Å². The summed E-state index contributed by atoms with van der Waals surface area (Å²) in [6, 6.07) is 9.75. The quantitative estimate of drug-likeness (QED) is 0.548. The first-order valence-corrected chi connectivity index (χ1v) is 11.6. The highest BCUT2D eigenvalue weighted by Gasteiger charge is 2.29. The fourth-order valence-corrected chi connectivity index (χ4v) is 4.88.